The first-order chi connectivity index (χ1) is 13.9. The van der Waals surface area contributed by atoms with Crippen molar-refractivity contribution >= 4 is 22.6 Å². The summed E-state index contributed by atoms with van der Waals surface area (Å²) < 4.78 is 37.2. The molecule has 6 nitrogen and oxygen atoms in total. The van der Waals surface area contributed by atoms with E-state index in [1.54, 1.807) is 11.5 Å². The molecule has 2 aromatic rings. The molecule has 1 aliphatic heterocycles. The molecule has 1 N–H and O–H groups in total. The van der Waals surface area contributed by atoms with Gasteiger partial charge in [-0.2, -0.15) is 0 Å². The Labute approximate surface area is 166 Å². The molecule has 8 heteroatoms. The predicted octanol–water partition coefficient (Wildman–Crippen LogP) is 2.92. The minimum Gasteiger partial charge on any atom is -0.462 e. The van der Waals surface area contributed by atoms with Crippen LogP contribution in [0.5, 0.6) is 0 Å². The zero-order chi connectivity index (χ0) is 20.9. The number of esters is 1. The van der Waals surface area contributed by atoms with E-state index in [9.17, 15) is 14.7 Å². The third-order valence-corrected chi connectivity index (χ3v) is 5.48. The second-order valence-electron chi connectivity index (χ2n) is 7.57. The van der Waals surface area contributed by atoms with Crippen molar-refractivity contribution in [2.45, 2.75) is 38.3 Å². The molecule has 1 aromatic heterocycles. The van der Waals surface area contributed by atoms with E-state index in [1.165, 1.54) is 11.1 Å². The topological polar surface area (TPSA) is 71.8 Å². The normalized spacial score (nSPS) is 19.2. The average molecular weight is 404 g/mol. The number of carbonyl (C=O) groups excluding carboxylic acids is 1. The number of fused-ring (bicyclic) bond motifs is 1. The number of anilines is 1. The van der Waals surface area contributed by atoms with E-state index in [0.29, 0.717) is 6.42 Å². The molecule has 29 heavy (non-hydrogen) atoms. The lowest BCUT2D eigenvalue weighted by Crippen LogP contribution is -2.34. The number of aromatic nitrogens is 1. The van der Waals surface area contributed by atoms with Crippen molar-refractivity contribution < 1.29 is 23.4 Å². The van der Waals surface area contributed by atoms with Gasteiger partial charge in [-0.3, -0.25) is 4.79 Å². The van der Waals surface area contributed by atoms with E-state index in [2.05, 4.69) is 6.58 Å². The van der Waals surface area contributed by atoms with E-state index >= 15 is 8.78 Å². The molecule has 1 saturated heterocycles. The van der Waals surface area contributed by atoms with E-state index < -0.39 is 29.1 Å². The predicted molar refractivity (Wildman–Crippen MR) is 104 cm³/mol. The number of carbonyl (C=O) groups is 1. The number of aliphatic hydroxyl groups is 1. The Morgan fingerprint density at radius 1 is 1.38 bits per heavy atom. The van der Waals surface area contributed by atoms with E-state index in [1.807, 2.05) is 0 Å². The molecule has 2 aliphatic rings. The number of aliphatic hydroxyl groups excluding tert-OH is 1. The summed E-state index contributed by atoms with van der Waals surface area (Å²) in [7, 11) is 0. The van der Waals surface area contributed by atoms with Gasteiger partial charge in [0.15, 0.2) is 5.82 Å². The first-order valence-electron chi connectivity index (χ1n) is 9.65. The SMILES string of the molecule is C=C1C[C@@H](CO)N(c2c(F)cc3c(=O)c(C(=O)OCC)cn(C4CC4)c3c2F)C1. The number of hydrogen-bond acceptors (Lipinski definition) is 5. The number of nitrogens with zero attached hydrogens (tertiary/aromatic N) is 2. The van der Waals surface area contributed by atoms with Gasteiger partial charge >= 0.3 is 5.97 Å². The van der Waals surface area contributed by atoms with Crippen molar-refractivity contribution in [2.24, 2.45) is 0 Å². The number of halogens is 2. The summed E-state index contributed by atoms with van der Waals surface area (Å²) in [5.74, 6) is -2.59. The maximum atomic E-state index is 15.7. The van der Waals surface area contributed by atoms with Gasteiger partial charge < -0.3 is 19.3 Å². The number of rotatable bonds is 5. The monoisotopic (exact) mass is 404 g/mol. The Balaban J connectivity index is 1.98. The summed E-state index contributed by atoms with van der Waals surface area (Å²) in [5, 5.41) is 9.43. The van der Waals surface area contributed by atoms with Gasteiger partial charge in [-0.05, 0) is 32.3 Å². The second kappa shape index (κ2) is 7.26. The highest BCUT2D eigenvalue weighted by Crippen LogP contribution is 2.41. The lowest BCUT2D eigenvalue weighted by Gasteiger charge is -2.27. The zero-order valence-corrected chi connectivity index (χ0v) is 16.1. The van der Waals surface area contributed by atoms with Crippen molar-refractivity contribution in [3.8, 4) is 0 Å². The molecule has 0 amide bonds. The van der Waals surface area contributed by atoms with Gasteiger partial charge in [0.25, 0.3) is 0 Å². The Morgan fingerprint density at radius 3 is 2.72 bits per heavy atom. The minimum absolute atomic E-state index is 0.0313. The molecular weight excluding hydrogens is 382 g/mol. The van der Waals surface area contributed by atoms with Crippen LogP contribution < -0.4 is 10.3 Å². The van der Waals surface area contributed by atoms with E-state index in [0.717, 1.165) is 24.5 Å². The summed E-state index contributed by atoms with van der Waals surface area (Å²) in [5.41, 5.74) is -0.547. The number of pyridine rings is 1. The van der Waals surface area contributed by atoms with Crippen molar-refractivity contribution in [3.63, 3.8) is 0 Å². The smallest absolute Gasteiger partial charge is 0.343 e. The minimum atomic E-state index is -0.913. The van der Waals surface area contributed by atoms with Crippen molar-refractivity contribution in [1.29, 1.82) is 0 Å². The molecule has 1 aliphatic carbocycles. The average Bonchev–Trinajstić information content (AvgIpc) is 3.45. The summed E-state index contributed by atoms with van der Waals surface area (Å²) in [6, 6.07) is 0.429. The first-order valence-corrected chi connectivity index (χ1v) is 9.65. The molecule has 0 spiro atoms. The van der Waals surface area contributed by atoms with Crippen LogP contribution >= 0.6 is 0 Å². The fourth-order valence-electron chi connectivity index (χ4n) is 3.99. The van der Waals surface area contributed by atoms with Crippen LogP contribution in [0.4, 0.5) is 14.5 Å². The van der Waals surface area contributed by atoms with Crippen LogP contribution in [0.2, 0.25) is 0 Å². The Hall–Kier alpha value is -2.74. The van der Waals surface area contributed by atoms with Crippen molar-refractivity contribution in [2.75, 3.05) is 24.7 Å². The number of benzene rings is 1. The fourth-order valence-corrected chi connectivity index (χ4v) is 3.99. The van der Waals surface area contributed by atoms with E-state index in [4.69, 9.17) is 4.74 Å². The summed E-state index contributed by atoms with van der Waals surface area (Å²) in [6.07, 6.45) is 3.29. The molecule has 1 saturated carbocycles. The van der Waals surface area contributed by atoms with Crippen LogP contribution in [-0.4, -0.2) is 41.4 Å². The standard InChI is InChI=1S/C21H22F2N2O4/c1-3-29-21(28)15-9-25(12-4-5-12)18-14(20(15)27)7-16(22)19(17(18)23)24-8-11(2)6-13(24)10-26/h7,9,12-13,26H,2-6,8,10H2,1H3/t13-/m0/s1. The lowest BCUT2D eigenvalue weighted by molar-refractivity contribution is 0.0524. The molecule has 4 rings (SSSR count). The van der Waals surface area contributed by atoms with Crippen LogP contribution in [0.3, 0.4) is 0 Å². The maximum absolute atomic E-state index is 15.7. The lowest BCUT2D eigenvalue weighted by atomic mass is 10.1. The van der Waals surface area contributed by atoms with Crippen LogP contribution in [0.1, 0.15) is 42.6 Å². The van der Waals surface area contributed by atoms with Crippen LogP contribution in [0.15, 0.2) is 29.2 Å². The third-order valence-electron chi connectivity index (χ3n) is 5.48. The van der Waals surface area contributed by atoms with Gasteiger partial charge in [0.05, 0.1) is 30.2 Å². The Kier molecular flexibility index (Phi) is 4.90. The quantitative estimate of drug-likeness (QED) is 0.613. The van der Waals surface area contributed by atoms with Gasteiger partial charge in [-0.1, -0.05) is 12.2 Å². The van der Waals surface area contributed by atoms with Gasteiger partial charge in [-0.15, -0.1) is 0 Å². The summed E-state index contributed by atoms with van der Waals surface area (Å²) in [6.45, 7) is 5.52. The summed E-state index contributed by atoms with van der Waals surface area (Å²) in [4.78, 5) is 26.5. The largest absolute Gasteiger partial charge is 0.462 e. The number of hydrogen-bond donors (Lipinski definition) is 1. The highest BCUT2D eigenvalue weighted by molar-refractivity contribution is 5.95. The van der Waals surface area contributed by atoms with Gasteiger partial charge in [-0.25, -0.2) is 13.6 Å². The van der Waals surface area contributed by atoms with Crippen molar-refractivity contribution in [1.82, 2.24) is 4.57 Å². The molecule has 154 valence electrons. The first kappa shape index (κ1) is 19.6. The Morgan fingerprint density at radius 2 is 2.10 bits per heavy atom. The molecule has 1 atom stereocenters. The second-order valence-corrected chi connectivity index (χ2v) is 7.57. The van der Waals surface area contributed by atoms with Crippen LogP contribution in [0.25, 0.3) is 10.9 Å². The van der Waals surface area contributed by atoms with E-state index in [-0.39, 0.29) is 48.0 Å². The molecule has 0 unspecified atom stereocenters. The number of ether oxygens (including phenoxy) is 1. The maximum Gasteiger partial charge on any atom is 0.343 e. The molecule has 0 bridgehead atoms. The molecular formula is C21H22F2N2O4. The van der Waals surface area contributed by atoms with Crippen molar-refractivity contribution in [3.05, 3.63) is 51.8 Å². The summed E-state index contributed by atoms with van der Waals surface area (Å²) >= 11 is 0. The molecule has 2 fully saturated rings. The van der Waals surface area contributed by atoms with Gasteiger partial charge in [0.1, 0.15) is 17.1 Å². The molecule has 2 heterocycles. The van der Waals surface area contributed by atoms with Gasteiger partial charge in [0, 0.05) is 18.8 Å². The van der Waals surface area contributed by atoms with Gasteiger partial charge in [0.2, 0.25) is 5.43 Å². The van der Waals surface area contributed by atoms with Crippen LogP contribution in [0, 0.1) is 11.6 Å². The van der Waals surface area contributed by atoms with Crippen LogP contribution in [-0.2, 0) is 4.74 Å². The third kappa shape index (κ3) is 3.21. The molecule has 0 radical (unpaired) electrons. The zero-order valence-electron chi connectivity index (χ0n) is 16.1. The molecule has 1 aromatic carbocycles. The highest BCUT2D eigenvalue weighted by atomic mass is 19.1. The fraction of sp³-hybridized carbons (Fsp3) is 0.429. The Bertz CT molecular complexity index is 1070. The highest BCUT2D eigenvalue weighted by Gasteiger charge is 2.34.